The summed E-state index contributed by atoms with van der Waals surface area (Å²) in [6, 6.07) is 28.5. The molecule has 0 fully saturated rings. The minimum atomic E-state index is 0.0307. The Morgan fingerprint density at radius 1 is 0.917 bits per heavy atom. The molecule has 6 heteroatoms. The molecular formula is C30H30N4O2. The van der Waals surface area contributed by atoms with Gasteiger partial charge in [-0.2, -0.15) is 0 Å². The maximum absolute atomic E-state index is 12.7. The van der Waals surface area contributed by atoms with E-state index in [0.717, 1.165) is 51.9 Å². The smallest absolute Gasteiger partial charge is 0.224 e. The summed E-state index contributed by atoms with van der Waals surface area (Å²) in [6.45, 7) is 2.08. The minimum absolute atomic E-state index is 0.0307. The molecule has 0 atom stereocenters. The first kappa shape index (κ1) is 23.4. The zero-order valence-corrected chi connectivity index (χ0v) is 20.4. The fraction of sp³-hybridized carbons (Fsp3) is 0.200. The molecule has 0 aliphatic carbocycles. The molecule has 2 aromatic heterocycles. The lowest BCUT2D eigenvalue weighted by Gasteiger charge is -2.10. The lowest BCUT2D eigenvalue weighted by Crippen LogP contribution is -2.27. The van der Waals surface area contributed by atoms with Crippen LogP contribution >= 0.6 is 0 Å². The molecule has 0 radical (unpaired) electrons. The number of anilines is 1. The number of aromatic nitrogens is 2. The largest absolute Gasteiger partial charge is 0.496 e. The topological polar surface area (TPSA) is 68.2 Å². The number of amides is 1. The van der Waals surface area contributed by atoms with E-state index >= 15 is 0 Å². The van der Waals surface area contributed by atoms with Crippen molar-refractivity contribution in [3.05, 3.63) is 102 Å². The van der Waals surface area contributed by atoms with Crippen molar-refractivity contribution < 1.29 is 9.53 Å². The molecule has 36 heavy (non-hydrogen) atoms. The molecule has 0 unspecified atom stereocenters. The number of carbonyl (C=O) groups excluding carboxylic acids is 1. The molecule has 0 aliphatic rings. The summed E-state index contributed by atoms with van der Waals surface area (Å²) in [5, 5.41) is 8.52. The first-order chi connectivity index (χ1) is 17.7. The van der Waals surface area contributed by atoms with Gasteiger partial charge in [-0.3, -0.25) is 4.79 Å². The molecule has 1 amide bonds. The zero-order chi connectivity index (χ0) is 24.7. The van der Waals surface area contributed by atoms with E-state index in [0.29, 0.717) is 19.5 Å². The third-order valence-corrected chi connectivity index (χ3v) is 6.30. The summed E-state index contributed by atoms with van der Waals surface area (Å²) in [7, 11) is 1.67. The quantitative estimate of drug-likeness (QED) is 0.264. The Hall–Kier alpha value is -4.32. The van der Waals surface area contributed by atoms with Crippen molar-refractivity contribution in [3.8, 4) is 5.75 Å². The Labute approximate surface area is 210 Å². The van der Waals surface area contributed by atoms with Crippen LogP contribution in [0.3, 0.4) is 0 Å². The van der Waals surface area contributed by atoms with Crippen molar-refractivity contribution in [1.82, 2.24) is 14.9 Å². The molecule has 182 valence electrons. The number of rotatable bonds is 10. The summed E-state index contributed by atoms with van der Waals surface area (Å²) in [5.74, 6) is 1.59. The van der Waals surface area contributed by atoms with Crippen molar-refractivity contribution in [2.24, 2.45) is 0 Å². The van der Waals surface area contributed by atoms with Gasteiger partial charge in [0, 0.05) is 48.2 Å². The average Bonchev–Trinajstić information content (AvgIpc) is 3.25. The van der Waals surface area contributed by atoms with E-state index in [1.807, 2.05) is 48.5 Å². The molecule has 0 aliphatic heterocycles. The number of carbonyl (C=O) groups is 1. The SMILES string of the molecule is COc1cc(NCCCNC(=O)Cc2cn(Cc3ccccc3)c3ccccc23)nc2ccccc12. The Bertz CT molecular complexity index is 1480. The van der Waals surface area contributed by atoms with E-state index in [1.54, 1.807) is 7.11 Å². The normalized spacial score (nSPS) is 11.0. The highest BCUT2D eigenvalue weighted by atomic mass is 16.5. The third kappa shape index (κ3) is 5.33. The molecule has 5 rings (SSSR count). The predicted octanol–water partition coefficient (Wildman–Crippen LogP) is 5.41. The standard InChI is InChI=1S/C30H30N4O2/c1-36-28-19-29(33-26-14-7-5-13-25(26)28)31-16-9-17-32-30(35)18-23-21-34(20-22-10-3-2-4-11-22)27-15-8-6-12-24(23)27/h2-8,10-15,19,21H,9,16-18,20H2,1H3,(H,31,33)(H,32,35). The molecule has 6 nitrogen and oxygen atoms in total. The lowest BCUT2D eigenvalue weighted by molar-refractivity contribution is -0.120. The second-order valence-corrected chi connectivity index (χ2v) is 8.82. The molecule has 0 spiro atoms. The van der Waals surface area contributed by atoms with Gasteiger partial charge in [0.15, 0.2) is 0 Å². The van der Waals surface area contributed by atoms with Crippen LogP contribution in [0.15, 0.2) is 91.1 Å². The minimum Gasteiger partial charge on any atom is -0.496 e. The fourth-order valence-electron chi connectivity index (χ4n) is 4.55. The van der Waals surface area contributed by atoms with E-state index in [4.69, 9.17) is 4.74 Å². The Morgan fingerprint density at radius 3 is 2.50 bits per heavy atom. The van der Waals surface area contributed by atoms with Crippen LogP contribution in [0.25, 0.3) is 21.8 Å². The van der Waals surface area contributed by atoms with Gasteiger partial charge in [-0.15, -0.1) is 0 Å². The predicted molar refractivity (Wildman–Crippen MR) is 146 cm³/mol. The number of nitrogens with zero attached hydrogens (tertiary/aromatic N) is 2. The van der Waals surface area contributed by atoms with Gasteiger partial charge in [-0.05, 0) is 35.7 Å². The van der Waals surface area contributed by atoms with Gasteiger partial charge in [0.05, 0.1) is 19.0 Å². The number of benzene rings is 3. The van der Waals surface area contributed by atoms with Crippen LogP contribution in [-0.2, 0) is 17.8 Å². The summed E-state index contributed by atoms with van der Waals surface area (Å²) >= 11 is 0. The molecule has 0 saturated carbocycles. The van der Waals surface area contributed by atoms with E-state index in [2.05, 4.69) is 62.8 Å². The first-order valence-electron chi connectivity index (χ1n) is 12.3. The number of fused-ring (bicyclic) bond motifs is 2. The maximum atomic E-state index is 12.7. The summed E-state index contributed by atoms with van der Waals surface area (Å²) in [4.78, 5) is 17.4. The molecule has 3 aromatic carbocycles. The Balaban J connectivity index is 1.15. The summed E-state index contributed by atoms with van der Waals surface area (Å²) in [6.07, 6.45) is 3.26. The van der Waals surface area contributed by atoms with E-state index < -0.39 is 0 Å². The van der Waals surface area contributed by atoms with Crippen LogP contribution in [0.4, 0.5) is 5.82 Å². The van der Waals surface area contributed by atoms with Crippen molar-refractivity contribution >= 4 is 33.5 Å². The number of hydrogen-bond donors (Lipinski definition) is 2. The van der Waals surface area contributed by atoms with Crippen molar-refractivity contribution in [3.63, 3.8) is 0 Å². The Morgan fingerprint density at radius 2 is 1.67 bits per heavy atom. The number of nitrogens with one attached hydrogen (secondary N) is 2. The molecular weight excluding hydrogens is 448 g/mol. The highest BCUT2D eigenvalue weighted by Crippen LogP contribution is 2.27. The van der Waals surface area contributed by atoms with Crippen LogP contribution in [0.1, 0.15) is 17.5 Å². The van der Waals surface area contributed by atoms with E-state index in [-0.39, 0.29) is 5.91 Å². The van der Waals surface area contributed by atoms with Crippen LogP contribution in [0, 0.1) is 0 Å². The number of ether oxygens (including phenoxy) is 1. The van der Waals surface area contributed by atoms with E-state index in [1.165, 1.54) is 5.56 Å². The van der Waals surface area contributed by atoms with Crippen LogP contribution in [-0.4, -0.2) is 35.7 Å². The average molecular weight is 479 g/mol. The number of methoxy groups -OCH3 is 1. The first-order valence-corrected chi connectivity index (χ1v) is 12.3. The van der Waals surface area contributed by atoms with Gasteiger partial charge in [-0.25, -0.2) is 4.98 Å². The van der Waals surface area contributed by atoms with Crippen LogP contribution in [0.2, 0.25) is 0 Å². The highest BCUT2D eigenvalue weighted by molar-refractivity contribution is 5.89. The van der Waals surface area contributed by atoms with Crippen molar-refractivity contribution in [2.45, 2.75) is 19.4 Å². The monoisotopic (exact) mass is 478 g/mol. The fourth-order valence-corrected chi connectivity index (χ4v) is 4.55. The lowest BCUT2D eigenvalue weighted by atomic mass is 10.1. The van der Waals surface area contributed by atoms with Crippen LogP contribution < -0.4 is 15.4 Å². The van der Waals surface area contributed by atoms with Crippen LogP contribution in [0.5, 0.6) is 5.75 Å². The van der Waals surface area contributed by atoms with Crippen molar-refractivity contribution in [2.75, 3.05) is 25.5 Å². The van der Waals surface area contributed by atoms with Gasteiger partial charge in [0.25, 0.3) is 0 Å². The highest BCUT2D eigenvalue weighted by Gasteiger charge is 2.12. The third-order valence-electron chi connectivity index (χ3n) is 6.30. The molecule has 0 bridgehead atoms. The number of hydrogen-bond acceptors (Lipinski definition) is 4. The van der Waals surface area contributed by atoms with Gasteiger partial charge < -0.3 is 19.9 Å². The zero-order valence-electron chi connectivity index (χ0n) is 20.4. The van der Waals surface area contributed by atoms with Gasteiger partial charge in [-0.1, -0.05) is 60.7 Å². The van der Waals surface area contributed by atoms with Gasteiger partial charge in [0.1, 0.15) is 11.6 Å². The maximum Gasteiger partial charge on any atom is 0.224 e. The molecule has 2 N–H and O–H groups in total. The summed E-state index contributed by atoms with van der Waals surface area (Å²) < 4.78 is 7.73. The molecule has 2 heterocycles. The summed E-state index contributed by atoms with van der Waals surface area (Å²) in [5.41, 5.74) is 4.32. The second-order valence-electron chi connectivity index (χ2n) is 8.82. The van der Waals surface area contributed by atoms with E-state index in [9.17, 15) is 4.79 Å². The molecule has 5 aromatic rings. The Kier molecular flexibility index (Phi) is 7.12. The number of pyridine rings is 1. The molecule has 0 saturated heterocycles. The van der Waals surface area contributed by atoms with Gasteiger partial charge >= 0.3 is 0 Å². The van der Waals surface area contributed by atoms with Gasteiger partial charge in [0.2, 0.25) is 5.91 Å². The second kappa shape index (κ2) is 11.0. The van der Waals surface area contributed by atoms with Crippen molar-refractivity contribution in [1.29, 1.82) is 0 Å². The number of para-hydroxylation sites is 2.